The van der Waals surface area contributed by atoms with Crippen molar-refractivity contribution in [3.05, 3.63) is 0 Å². The van der Waals surface area contributed by atoms with Gasteiger partial charge >= 0.3 is 133 Å². The molecule has 3 fully saturated rings. The summed E-state index contributed by atoms with van der Waals surface area (Å²) >= 11 is -0.750. The Morgan fingerprint density at radius 1 is 0.902 bits per heavy atom. The second kappa shape index (κ2) is 32.2. The summed E-state index contributed by atoms with van der Waals surface area (Å²) in [5, 5.41) is 8.33. The van der Waals surface area contributed by atoms with Gasteiger partial charge in [-0.05, 0) is 0 Å². The minimum Gasteiger partial charge on any atom is -1.00 e. The summed E-state index contributed by atoms with van der Waals surface area (Å²) in [5.74, 6) is 0. The fraction of sp³-hybridized carbons (Fsp3) is 0.800. The largest absolute Gasteiger partial charge is 1.00 e. The molecule has 41 heavy (non-hydrogen) atoms. The molecule has 0 amide bonds. The molecule has 0 aliphatic carbocycles. The van der Waals surface area contributed by atoms with Crippen molar-refractivity contribution in [3.63, 3.8) is 0 Å². The average molecular weight is 741 g/mol. The van der Waals surface area contributed by atoms with Gasteiger partial charge in [0.05, 0.1) is 29.6 Å². The van der Waals surface area contributed by atoms with Gasteiger partial charge in [-0.15, -0.1) is 0 Å². The van der Waals surface area contributed by atoms with E-state index in [0.717, 1.165) is 6.26 Å². The van der Waals surface area contributed by atoms with E-state index in [-0.39, 0.29) is 133 Å². The van der Waals surface area contributed by atoms with Crippen molar-refractivity contribution in [2.45, 2.75) is 18.3 Å². The number of carbonyl (C=O) groups is 3. The number of halogens is 3. The Bertz CT molecular complexity index is 881. The van der Waals surface area contributed by atoms with Crippen molar-refractivity contribution in [2.75, 3.05) is 59.3 Å². The first-order valence-electron chi connectivity index (χ1n) is 9.28. The van der Waals surface area contributed by atoms with E-state index in [2.05, 4.69) is 39.1 Å². The molecule has 0 radical (unpaired) electrons. The van der Waals surface area contributed by atoms with Crippen molar-refractivity contribution < 1.29 is 194 Å². The predicted molar refractivity (Wildman–Crippen MR) is 119 cm³/mol. The number of rotatable bonds is 4. The molecule has 0 saturated carbocycles. The smallest absolute Gasteiger partial charge is 1.00 e. The van der Waals surface area contributed by atoms with Crippen LogP contribution in [0.25, 0.3) is 0 Å². The van der Waals surface area contributed by atoms with Crippen LogP contribution in [0.15, 0.2) is 0 Å². The molecule has 3 aliphatic heterocycles. The van der Waals surface area contributed by atoms with Crippen LogP contribution in [0.1, 0.15) is 0 Å². The van der Waals surface area contributed by atoms with Gasteiger partial charge in [-0.3, -0.25) is 0 Å². The average Bonchev–Trinajstić information content (AvgIpc) is 3.49. The Kier molecular flexibility index (Phi) is 42.7. The molecule has 3 heterocycles. The molecule has 0 spiro atoms. The molecule has 3 rings (SSSR count). The van der Waals surface area contributed by atoms with Crippen LogP contribution in [-0.2, 0) is 63.9 Å². The Balaban J connectivity index is -0.0000000911. The van der Waals surface area contributed by atoms with E-state index >= 15 is 0 Å². The van der Waals surface area contributed by atoms with Crippen LogP contribution in [0.2, 0.25) is 0 Å². The number of methoxy groups -OCH3 is 1. The molecule has 18 nitrogen and oxygen atoms in total. The number of hydrogen-bond acceptors (Lipinski definition) is 18. The number of alkyl halides is 1. The maximum Gasteiger partial charge on any atom is 1.00 e. The van der Waals surface area contributed by atoms with Gasteiger partial charge in [-0.2, -0.15) is 8.42 Å². The number of aliphatic hydroxyl groups is 1. The zero-order chi connectivity index (χ0) is 30.4. The normalized spacial score (nSPS) is 19.3. The molecule has 0 aromatic rings. The van der Waals surface area contributed by atoms with Gasteiger partial charge < -0.3 is 47.5 Å². The second-order valence-electron chi connectivity index (χ2n) is 6.15. The van der Waals surface area contributed by atoms with Gasteiger partial charge in [0.1, 0.15) is 26.5 Å². The Morgan fingerprint density at radius 3 is 1.32 bits per heavy atom. The molecule has 3 atom stereocenters. The third-order valence-corrected chi connectivity index (χ3v) is 2.68. The summed E-state index contributed by atoms with van der Waals surface area (Å²) in [5.41, 5.74) is 0. The van der Waals surface area contributed by atoms with Crippen LogP contribution < -0.4 is 107 Å². The summed E-state index contributed by atoms with van der Waals surface area (Å²) in [6.45, 7) is 0.126. The van der Waals surface area contributed by atoms with E-state index in [1.54, 1.807) is 7.11 Å². The molecular weight excluding hydrogens is 716 g/mol. The first-order chi connectivity index (χ1) is 17.4. The van der Waals surface area contributed by atoms with E-state index < -0.39 is 68.1 Å². The Hall–Kier alpha value is 0.833. The number of ether oxygens (including phenoxy) is 7. The summed E-state index contributed by atoms with van der Waals surface area (Å²) < 4.78 is 105. The molecule has 26 heteroatoms. The van der Waals surface area contributed by atoms with Gasteiger partial charge in [0, 0.05) is 24.0 Å². The fourth-order valence-electron chi connectivity index (χ4n) is 1.53. The van der Waals surface area contributed by atoms with E-state index in [9.17, 15) is 27.2 Å². The third kappa shape index (κ3) is 50.7. The number of hydrogen-bond donors (Lipinski definition) is 1. The topological polar surface area (TPSA) is 262 Å². The minimum absolute atomic E-state index is 0. The maximum absolute atomic E-state index is 11.5. The predicted octanol–water partition coefficient (Wildman–Crippen LogP) is -10.1. The Labute approximate surface area is 326 Å². The van der Waals surface area contributed by atoms with Gasteiger partial charge in [0.25, 0.3) is 0 Å². The zero-order valence-corrected chi connectivity index (χ0v) is 31.7. The summed E-state index contributed by atoms with van der Waals surface area (Å²) in [6, 6.07) is 0. The van der Waals surface area contributed by atoms with Crippen molar-refractivity contribution >= 4 is 59.9 Å². The van der Waals surface area contributed by atoms with E-state index in [1.165, 1.54) is 0 Å². The minimum atomic E-state index is -3.92. The number of aliphatic hydroxyl groups excluding tert-OH is 1. The van der Waals surface area contributed by atoms with Crippen LogP contribution in [0.5, 0.6) is 0 Å². The summed E-state index contributed by atoms with van der Waals surface area (Å²) in [6.07, 6.45) is -1.84. The van der Waals surface area contributed by atoms with Crippen LogP contribution in [0, 0.1) is 0 Å². The van der Waals surface area contributed by atoms with E-state index in [4.69, 9.17) is 31.2 Å². The standard InChI is InChI=1S/C5H8O4.C4H5FO3.C4H6O4.CH3ClO2S.CH4O3S.FH.2K.O2S/c1-7-2-4-3-8-5(6)9-4;2*5-1-3-2-7-4(6)8-3;2*1-5(2,3)4;;;;1-3-2/h4H,2-3H2,1H3;3H,1-2H2;3,5H,1-2H2;1H3;1H3,(H,2,3,4);1H;;;/q;;;;;;2*+1;/p-2. The van der Waals surface area contributed by atoms with E-state index in [0.29, 0.717) is 19.5 Å². The summed E-state index contributed by atoms with van der Waals surface area (Å²) in [4.78, 5) is 30.3. The molecule has 1 N–H and O–H groups in total. The van der Waals surface area contributed by atoms with Crippen molar-refractivity contribution in [3.8, 4) is 0 Å². The molecule has 0 aromatic heterocycles. The molecule has 0 aromatic carbocycles. The number of carbonyl (C=O) groups excluding carboxylic acids is 3. The molecular formula is C15H25ClF2K2O18S3. The first-order valence-corrected chi connectivity index (χ1v) is 14.5. The van der Waals surface area contributed by atoms with Gasteiger partial charge in [-0.1, -0.05) is 0 Å². The third-order valence-electron chi connectivity index (χ3n) is 2.68. The molecule has 3 aliphatic rings. The van der Waals surface area contributed by atoms with E-state index in [1.807, 2.05) is 0 Å². The van der Waals surface area contributed by atoms with Crippen LogP contribution >= 0.6 is 10.7 Å². The summed E-state index contributed by atoms with van der Waals surface area (Å²) in [7, 11) is -1.06. The van der Waals surface area contributed by atoms with Crippen LogP contribution in [-0.4, -0.2) is 131 Å². The number of cyclic esters (lactones) is 6. The van der Waals surface area contributed by atoms with Gasteiger partial charge in [0.15, 0.2) is 18.3 Å². The quantitative estimate of drug-likeness (QED) is 0.0922. The fourth-order valence-corrected chi connectivity index (χ4v) is 1.53. The SMILES string of the molecule is COCC1COC(=O)O1.CS(=O)(=O)Cl.CS(=O)(=O)[O-].O=C1OCC(CF)O1.O=C1OCC(CO)O1.O=S=O.[F-].[K+].[K+]. The molecule has 3 unspecified atom stereocenters. The molecule has 3 saturated heterocycles. The van der Waals surface area contributed by atoms with Crippen LogP contribution in [0.3, 0.4) is 0 Å². The molecule has 234 valence electrons. The zero-order valence-electron chi connectivity index (χ0n) is 22.2. The Morgan fingerprint density at radius 2 is 1.17 bits per heavy atom. The van der Waals surface area contributed by atoms with Crippen molar-refractivity contribution in [2.24, 2.45) is 0 Å². The monoisotopic (exact) mass is 740 g/mol. The molecule has 0 bridgehead atoms. The second-order valence-corrected chi connectivity index (χ2v) is 10.7. The maximum atomic E-state index is 11.5. The van der Waals surface area contributed by atoms with Gasteiger partial charge in [0.2, 0.25) is 9.05 Å². The van der Waals surface area contributed by atoms with Crippen LogP contribution in [0.4, 0.5) is 18.8 Å². The van der Waals surface area contributed by atoms with Crippen molar-refractivity contribution in [1.29, 1.82) is 0 Å². The van der Waals surface area contributed by atoms with Crippen molar-refractivity contribution in [1.82, 2.24) is 0 Å². The van der Waals surface area contributed by atoms with Gasteiger partial charge in [-0.25, -0.2) is 35.6 Å². The first kappa shape index (κ1) is 54.3.